The number of aliphatic hydroxyl groups excluding tert-OH is 1. The third kappa shape index (κ3) is 4.94. The smallest absolute Gasteiger partial charge is 0.0697 e. The van der Waals surface area contributed by atoms with E-state index < -0.39 is 0 Å². The van der Waals surface area contributed by atoms with Gasteiger partial charge >= 0.3 is 0 Å². The fraction of sp³-hybridized carbons (Fsp3) is 1.00. The highest BCUT2D eigenvalue weighted by molar-refractivity contribution is 4.77. The molecule has 0 bridgehead atoms. The molecule has 14 heavy (non-hydrogen) atoms. The summed E-state index contributed by atoms with van der Waals surface area (Å²) in [7, 11) is 0. The highest BCUT2D eigenvalue weighted by Gasteiger charge is 2.16. The standard InChI is InChI=1S/C11H23NO2/c1-10-4-2-5-11(12-10)6-3-8-14-9-7-13/h10-13H,2-9H2,1H3. The van der Waals surface area contributed by atoms with Gasteiger partial charge in [-0.05, 0) is 32.6 Å². The number of ether oxygens (including phenoxy) is 1. The van der Waals surface area contributed by atoms with Gasteiger partial charge in [0, 0.05) is 18.7 Å². The quantitative estimate of drug-likeness (QED) is 0.637. The third-order valence-electron chi connectivity index (χ3n) is 2.79. The van der Waals surface area contributed by atoms with Gasteiger partial charge in [0.25, 0.3) is 0 Å². The highest BCUT2D eigenvalue weighted by atomic mass is 16.5. The molecule has 0 aromatic carbocycles. The van der Waals surface area contributed by atoms with Crippen LogP contribution in [0, 0.1) is 0 Å². The first-order chi connectivity index (χ1) is 6.83. The summed E-state index contributed by atoms with van der Waals surface area (Å²) in [6.07, 6.45) is 6.29. The van der Waals surface area contributed by atoms with Gasteiger partial charge in [0.1, 0.15) is 0 Å². The Labute approximate surface area is 86.8 Å². The van der Waals surface area contributed by atoms with Gasteiger partial charge in [-0.25, -0.2) is 0 Å². The lowest BCUT2D eigenvalue weighted by Gasteiger charge is -2.28. The molecule has 0 saturated carbocycles. The van der Waals surface area contributed by atoms with E-state index in [-0.39, 0.29) is 6.61 Å². The molecule has 1 heterocycles. The second-order valence-electron chi connectivity index (χ2n) is 4.17. The number of nitrogens with one attached hydrogen (secondary N) is 1. The van der Waals surface area contributed by atoms with Crippen LogP contribution in [0.4, 0.5) is 0 Å². The van der Waals surface area contributed by atoms with Crippen molar-refractivity contribution >= 4 is 0 Å². The fourth-order valence-corrected chi connectivity index (χ4v) is 2.07. The molecule has 1 rings (SSSR count). The second-order valence-corrected chi connectivity index (χ2v) is 4.17. The second kappa shape index (κ2) is 7.21. The van der Waals surface area contributed by atoms with Crippen molar-refractivity contribution in [3.8, 4) is 0 Å². The Morgan fingerprint density at radius 3 is 2.93 bits per heavy atom. The molecule has 0 spiro atoms. The Morgan fingerprint density at radius 2 is 2.21 bits per heavy atom. The normalized spacial score (nSPS) is 27.9. The van der Waals surface area contributed by atoms with Crippen molar-refractivity contribution in [3.63, 3.8) is 0 Å². The highest BCUT2D eigenvalue weighted by Crippen LogP contribution is 2.15. The number of rotatable bonds is 6. The first-order valence-corrected chi connectivity index (χ1v) is 5.77. The van der Waals surface area contributed by atoms with E-state index in [9.17, 15) is 0 Å². The van der Waals surface area contributed by atoms with Crippen LogP contribution in [0.25, 0.3) is 0 Å². The van der Waals surface area contributed by atoms with Crippen molar-refractivity contribution in [3.05, 3.63) is 0 Å². The fourth-order valence-electron chi connectivity index (χ4n) is 2.07. The Balaban J connectivity index is 1.95. The van der Waals surface area contributed by atoms with Crippen molar-refractivity contribution in [1.82, 2.24) is 5.32 Å². The van der Waals surface area contributed by atoms with E-state index in [0.29, 0.717) is 18.7 Å². The molecule has 0 amide bonds. The number of aliphatic hydroxyl groups is 1. The molecule has 1 fully saturated rings. The topological polar surface area (TPSA) is 41.5 Å². The van der Waals surface area contributed by atoms with Crippen LogP contribution < -0.4 is 5.32 Å². The molecule has 1 saturated heterocycles. The Bertz CT molecular complexity index is 141. The molecular weight excluding hydrogens is 178 g/mol. The molecule has 0 aromatic heterocycles. The summed E-state index contributed by atoms with van der Waals surface area (Å²) in [5.74, 6) is 0. The van der Waals surface area contributed by atoms with Gasteiger partial charge in [-0.2, -0.15) is 0 Å². The van der Waals surface area contributed by atoms with Gasteiger partial charge in [0.2, 0.25) is 0 Å². The van der Waals surface area contributed by atoms with Crippen molar-refractivity contribution in [2.75, 3.05) is 19.8 Å². The average molecular weight is 201 g/mol. The number of piperidine rings is 1. The third-order valence-corrected chi connectivity index (χ3v) is 2.79. The van der Waals surface area contributed by atoms with E-state index >= 15 is 0 Å². The summed E-state index contributed by atoms with van der Waals surface area (Å²) in [5, 5.41) is 12.1. The van der Waals surface area contributed by atoms with Gasteiger partial charge < -0.3 is 15.2 Å². The van der Waals surface area contributed by atoms with Crippen LogP contribution >= 0.6 is 0 Å². The zero-order valence-corrected chi connectivity index (χ0v) is 9.17. The molecule has 84 valence electrons. The Kier molecular flexibility index (Phi) is 6.15. The van der Waals surface area contributed by atoms with E-state index in [1.165, 1.54) is 25.7 Å². The predicted octanol–water partition coefficient (Wildman–Crippen LogP) is 1.31. The molecule has 2 atom stereocenters. The van der Waals surface area contributed by atoms with Gasteiger partial charge in [0.15, 0.2) is 0 Å². The van der Waals surface area contributed by atoms with E-state index in [0.717, 1.165) is 13.0 Å². The molecule has 1 aliphatic rings. The molecule has 3 nitrogen and oxygen atoms in total. The maximum atomic E-state index is 8.51. The maximum absolute atomic E-state index is 8.51. The molecule has 0 radical (unpaired) electrons. The summed E-state index contributed by atoms with van der Waals surface area (Å²) in [6.45, 7) is 3.66. The number of hydrogen-bond acceptors (Lipinski definition) is 3. The average Bonchev–Trinajstić information content (AvgIpc) is 2.18. The minimum absolute atomic E-state index is 0.138. The largest absolute Gasteiger partial charge is 0.394 e. The van der Waals surface area contributed by atoms with Gasteiger partial charge in [-0.15, -0.1) is 0 Å². The summed E-state index contributed by atoms with van der Waals surface area (Å²) in [5.41, 5.74) is 0. The van der Waals surface area contributed by atoms with Gasteiger partial charge in [0.05, 0.1) is 13.2 Å². The van der Waals surface area contributed by atoms with Gasteiger partial charge in [-0.1, -0.05) is 6.42 Å². The van der Waals surface area contributed by atoms with E-state index in [4.69, 9.17) is 9.84 Å². The van der Waals surface area contributed by atoms with Crippen molar-refractivity contribution in [1.29, 1.82) is 0 Å². The first kappa shape index (κ1) is 12.0. The zero-order chi connectivity index (χ0) is 10.2. The summed E-state index contributed by atoms with van der Waals surface area (Å²) >= 11 is 0. The van der Waals surface area contributed by atoms with Crippen LogP contribution in [0.3, 0.4) is 0 Å². The lowest BCUT2D eigenvalue weighted by molar-refractivity contribution is 0.0875. The van der Waals surface area contributed by atoms with E-state index in [1.54, 1.807) is 0 Å². The van der Waals surface area contributed by atoms with Crippen LogP contribution in [0.15, 0.2) is 0 Å². The molecular formula is C11H23NO2. The van der Waals surface area contributed by atoms with Crippen molar-refractivity contribution < 1.29 is 9.84 Å². The lowest BCUT2D eigenvalue weighted by atomic mass is 9.96. The summed E-state index contributed by atoms with van der Waals surface area (Å²) in [6, 6.07) is 1.38. The summed E-state index contributed by atoms with van der Waals surface area (Å²) in [4.78, 5) is 0. The molecule has 2 N–H and O–H groups in total. The predicted molar refractivity (Wildman–Crippen MR) is 57.4 cm³/mol. The van der Waals surface area contributed by atoms with Crippen LogP contribution in [0.1, 0.15) is 39.0 Å². The summed E-state index contributed by atoms with van der Waals surface area (Å²) < 4.78 is 5.22. The van der Waals surface area contributed by atoms with Crippen LogP contribution in [0.2, 0.25) is 0 Å². The molecule has 0 aromatic rings. The minimum Gasteiger partial charge on any atom is -0.394 e. The Hall–Kier alpha value is -0.120. The molecule has 1 aliphatic heterocycles. The molecule has 2 unspecified atom stereocenters. The van der Waals surface area contributed by atoms with Crippen molar-refractivity contribution in [2.24, 2.45) is 0 Å². The SMILES string of the molecule is CC1CCCC(CCCOCCO)N1. The van der Waals surface area contributed by atoms with Crippen molar-refractivity contribution in [2.45, 2.75) is 51.1 Å². The minimum atomic E-state index is 0.138. The molecule has 3 heteroatoms. The Morgan fingerprint density at radius 1 is 1.36 bits per heavy atom. The zero-order valence-electron chi connectivity index (χ0n) is 9.17. The monoisotopic (exact) mass is 201 g/mol. The first-order valence-electron chi connectivity index (χ1n) is 5.77. The lowest BCUT2D eigenvalue weighted by Crippen LogP contribution is -2.40. The molecule has 0 aliphatic carbocycles. The maximum Gasteiger partial charge on any atom is 0.0697 e. The van der Waals surface area contributed by atoms with Crippen LogP contribution in [-0.4, -0.2) is 37.0 Å². The van der Waals surface area contributed by atoms with E-state index in [1.807, 2.05) is 0 Å². The van der Waals surface area contributed by atoms with Crippen LogP contribution in [0.5, 0.6) is 0 Å². The number of hydrogen-bond donors (Lipinski definition) is 2. The van der Waals surface area contributed by atoms with Crippen LogP contribution in [-0.2, 0) is 4.74 Å². The van der Waals surface area contributed by atoms with E-state index in [2.05, 4.69) is 12.2 Å². The van der Waals surface area contributed by atoms with Gasteiger partial charge in [-0.3, -0.25) is 0 Å².